The van der Waals surface area contributed by atoms with Gasteiger partial charge >= 0.3 is 12.1 Å². The average molecular weight is 355 g/mol. The molecule has 0 heterocycles. The van der Waals surface area contributed by atoms with Gasteiger partial charge in [0.15, 0.2) is 11.7 Å². The molecule has 1 aromatic carbocycles. The van der Waals surface area contributed by atoms with E-state index in [0.29, 0.717) is 10.5 Å². The Bertz CT molecular complexity index is 610. The molecule has 0 fully saturated rings. The number of aliphatic carboxylic acids is 1. The van der Waals surface area contributed by atoms with E-state index >= 15 is 0 Å². The number of carboxylic acid groups (broad SMARTS) is 1. The molecule has 25 heavy (non-hydrogen) atoms. The van der Waals surface area contributed by atoms with E-state index < -0.39 is 42.9 Å². The molecule has 1 aromatic rings. The fourth-order valence-corrected chi connectivity index (χ4v) is 2.11. The van der Waals surface area contributed by atoms with Crippen LogP contribution in [0.2, 0.25) is 0 Å². The monoisotopic (exact) mass is 355 g/mol. The molecule has 2 amide bonds. The third kappa shape index (κ3) is 4.89. The van der Waals surface area contributed by atoms with Crippen LogP contribution in [0.25, 0.3) is 0 Å². The van der Waals surface area contributed by atoms with Crippen LogP contribution in [0.1, 0.15) is 5.56 Å². The summed E-state index contributed by atoms with van der Waals surface area (Å²) in [5.41, 5.74) is 9.36. The second-order valence-corrected chi connectivity index (χ2v) is 5.17. The topological polar surface area (TPSA) is 165 Å². The number of aliphatic hydroxyl groups excluding tert-OH is 1. The van der Waals surface area contributed by atoms with E-state index in [9.17, 15) is 24.6 Å². The number of carboxylic acids is 1. The first kappa shape index (κ1) is 20.4. The van der Waals surface area contributed by atoms with Crippen LogP contribution >= 0.6 is 0 Å². The molecule has 1 rings (SSSR count). The summed E-state index contributed by atoms with van der Waals surface area (Å²) in [5, 5.41) is 18.6. The molecule has 10 nitrogen and oxygen atoms in total. The molecule has 1 unspecified atom stereocenters. The highest BCUT2D eigenvalue weighted by molar-refractivity contribution is 5.91. The first-order valence-corrected chi connectivity index (χ1v) is 7.19. The number of primary amides is 1. The summed E-state index contributed by atoms with van der Waals surface area (Å²) in [6, 6.07) is 6.71. The normalized spacial score (nSPS) is 14.2. The summed E-state index contributed by atoms with van der Waals surface area (Å²) in [6.07, 6.45) is -1.23. The summed E-state index contributed by atoms with van der Waals surface area (Å²) >= 11 is 0. The minimum absolute atomic E-state index is 0.199. The highest BCUT2D eigenvalue weighted by Gasteiger charge is 2.48. The molecular formula is C15H21N3O7. The largest absolute Gasteiger partial charge is 0.480 e. The van der Waals surface area contributed by atoms with E-state index in [1.807, 2.05) is 0 Å². The molecule has 0 aromatic heterocycles. The smallest absolute Gasteiger partial charge is 0.412 e. The number of carbonyl (C=O) groups excluding carboxylic acids is 2. The van der Waals surface area contributed by atoms with Gasteiger partial charge in [0, 0.05) is 7.11 Å². The fourth-order valence-electron chi connectivity index (χ4n) is 2.11. The van der Waals surface area contributed by atoms with Gasteiger partial charge in [-0.1, -0.05) is 30.3 Å². The molecule has 0 radical (unpaired) electrons. The lowest BCUT2D eigenvalue weighted by atomic mass is 10.1. The van der Waals surface area contributed by atoms with Gasteiger partial charge in [0.1, 0.15) is 6.61 Å². The molecule has 0 aliphatic rings. The summed E-state index contributed by atoms with van der Waals surface area (Å²) in [6.45, 7) is -1.80. The van der Waals surface area contributed by atoms with E-state index in [2.05, 4.69) is 0 Å². The van der Waals surface area contributed by atoms with Gasteiger partial charge in [-0.3, -0.25) is 15.4 Å². The highest BCUT2D eigenvalue weighted by atomic mass is 16.6. The highest BCUT2D eigenvalue weighted by Crippen LogP contribution is 2.17. The van der Waals surface area contributed by atoms with Crippen molar-refractivity contribution in [2.24, 2.45) is 11.5 Å². The number of hydrogen-bond acceptors (Lipinski definition) is 7. The van der Waals surface area contributed by atoms with Crippen molar-refractivity contribution in [3.05, 3.63) is 35.9 Å². The van der Waals surface area contributed by atoms with Crippen molar-refractivity contribution in [3.63, 3.8) is 0 Å². The Balaban J connectivity index is 3.14. The predicted molar refractivity (Wildman–Crippen MR) is 85.0 cm³/mol. The van der Waals surface area contributed by atoms with E-state index in [4.69, 9.17) is 20.9 Å². The van der Waals surface area contributed by atoms with Crippen LogP contribution in [-0.4, -0.2) is 65.1 Å². The third-order valence-electron chi connectivity index (χ3n) is 3.39. The van der Waals surface area contributed by atoms with E-state index in [1.165, 1.54) is 7.11 Å². The Labute approximate surface area is 143 Å². The Morgan fingerprint density at radius 2 is 1.88 bits per heavy atom. The maximum absolute atomic E-state index is 12.4. The molecule has 0 saturated heterocycles. The second-order valence-electron chi connectivity index (χ2n) is 5.17. The summed E-state index contributed by atoms with van der Waals surface area (Å²) < 4.78 is 9.82. The Morgan fingerprint density at radius 3 is 2.32 bits per heavy atom. The summed E-state index contributed by atoms with van der Waals surface area (Å²) in [5.74, 6) is -2.81. The van der Waals surface area contributed by atoms with Crippen LogP contribution in [0.4, 0.5) is 4.79 Å². The lowest BCUT2D eigenvalue weighted by Gasteiger charge is -2.39. The van der Waals surface area contributed by atoms with Crippen LogP contribution in [0.15, 0.2) is 30.3 Å². The number of methoxy groups -OCH3 is 1. The first-order chi connectivity index (χ1) is 11.8. The first-order valence-electron chi connectivity index (χ1n) is 7.19. The van der Waals surface area contributed by atoms with E-state index in [1.54, 1.807) is 30.3 Å². The van der Waals surface area contributed by atoms with Crippen molar-refractivity contribution in [1.29, 1.82) is 0 Å². The van der Waals surface area contributed by atoms with Gasteiger partial charge in [-0.2, -0.15) is 0 Å². The number of nitrogens with two attached hydrogens (primary N) is 2. The molecule has 0 saturated carbocycles. The van der Waals surface area contributed by atoms with Gasteiger partial charge < -0.3 is 25.4 Å². The zero-order valence-electron chi connectivity index (χ0n) is 13.6. The maximum Gasteiger partial charge on any atom is 0.412 e. The molecule has 0 aliphatic heterocycles. The molecule has 138 valence electrons. The van der Waals surface area contributed by atoms with E-state index in [-0.39, 0.29) is 6.61 Å². The van der Waals surface area contributed by atoms with E-state index in [0.717, 1.165) is 0 Å². The zero-order chi connectivity index (χ0) is 19.0. The standard InChI is InChI=1S/C15H21N3O7/c1-24-9-15(17,13(16)22)18(11(7-19)12(20)21)14(23)25-8-10-5-3-2-4-6-10/h2-6,11,19H,7-9,17H2,1H3,(H2,16,22)(H,20,21)/t11?,15-/m0/s1. The minimum Gasteiger partial charge on any atom is -0.480 e. The number of ether oxygens (including phenoxy) is 2. The van der Waals surface area contributed by atoms with Gasteiger partial charge in [-0.15, -0.1) is 0 Å². The molecule has 2 atom stereocenters. The van der Waals surface area contributed by atoms with Crippen molar-refractivity contribution in [2.75, 3.05) is 20.3 Å². The number of benzene rings is 1. The lowest BCUT2D eigenvalue weighted by Crippen LogP contribution is -2.72. The molecule has 6 N–H and O–H groups in total. The zero-order valence-corrected chi connectivity index (χ0v) is 13.6. The molecule has 10 heteroatoms. The quantitative estimate of drug-likeness (QED) is 0.403. The Hall–Kier alpha value is -2.69. The van der Waals surface area contributed by atoms with Crippen molar-refractivity contribution < 1.29 is 34.1 Å². The maximum atomic E-state index is 12.4. The Morgan fingerprint density at radius 1 is 1.28 bits per heavy atom. The number of carbonyl (C=O) groups is 3. The van der Waals surface area contributed by atoms with Crippen molar-refractivity contribution >= 4 is 18.0 Å². The van der Waals surface area contributed by atoms with Gasteiger partial charge in [0.2, 0.25) is 0 Å². The van der Waals surface area contributed by atoms with Gasteiger partial charge in [0.25, 0.3) is 5.91 Å². The van der Waals surface area contributed by atoms with Crippen molar-refractivity contribution in [3.8, 4) is 0 Å². The van der Waals surface area contributed by atoms with Crippen molar-refractivity contribution in [2.45, 2.75) is 18.3 Å². The number of hydrogen-bond donors (Lipinski definition) is 4. The number of nitrogens with zero attached hydrogens (tertiary/aromatic N) is 1. The Kier molecular flexibility index (Phi) is 7.30. The van der Waals surface area contributed by atoms with Crippen LogP contribution in [0, 0.1) is 0 Å². The molecule has 0 aliphatic carbocycles. The second kappa shape index (κ2) is 8.97. The summed E-state index contributed by atoms with van der Waals surface area (Å²) in [7, 11) is 1.19. The lowest BCUT2D eigenvalue weighted by molar-refractivity contribution is -0.151. The molecule has 0 bridgehead atoms. The van der Waals surface area contributed by atoms with Crippen LogP contribution in [-0.2, 0) is 25.7 Å². The predicted octanol–water partition coefficient (Wildman–Crippen LogP) is -1.14. The minimum atomic E-state index is -2.33. The van der Waals surface area contributed by atoms with Crippen LogP contribution in [0.5, 0.6) is 0 Å². The van der Waals surface area contributed by atoms with Crippen LogP contribution in [0.3, 0.4) is 0 Å². The van der Waals surface area contributed by atoms with Gasteiger partial charge in [-0.25, -0.2) is 9.59 Å². The average Bonchev–Trinajstić information content (AvgIpc) is 2.57. The number of rotatable bonds is 9. The number of amides is 2. The van der Waals surface area contributed by atoms with Crippen molar-refractivity contribution in [1.82, 2.24) is 4.90 Å². The molecule has 0 spiro atoms. The molecular weight excluding hydrogens is 334 g/mol. The summed E-state index contributed by atoms with van der Waals surface area (Å²) in [4.78, 5) is 35.9. The van der Waals surface area contributed by atoms with Crippen LogP contribution < -0.4 is 11.5 Å². The third-order valence-corrected chi connectivity index (χ3v) is 3.39. The SMILES string of the molecule is COC[C@@](N)(C(N)=O)N(C(=O)OCc1ccccc1)C(CO)C(=O)O. The van der Waals surface area contributed by atoms with Gasteiger partial charge in [0.05, 0.1) is 13.2 Å². The number of aliphatic hydroxyl groups is 1. The fraction of sp³-hybridized carbons (Fsp3) is 0.400. The van der Waals surface area contributed by atoms with Gasteiger partial charge in [-0.05, 0) is 5.56 Å².